The van der Waals surface area contributed by atoms with Crippen LogP contribution in [-0.2, 0) is 0 Å². The number of aromatic nitrogens is 2. The third kappa shape index (κ3) is 1.47. The maximum absolute atomic E-state index is 12.7. The number of anilines is 1. The molecule has 2 aliphatic rings. The van der Waals surface area contributed by atoms with Crippen molar-refractivity contribution >= 4 is 5.95 Å². The molecular formula is C10H13FN4. The van der Waals surface area contributed by atoms with Gasteiger partial charge in [0.05, 0.1) is 12.4 Å². The van der Waals surface area contributed by atoms with E-state index >= 15 is 0 Å². The molecule has 5 heteroatoms. The van der Waals surface area contributed by atoms with Crippen molar-refractivity contribution in [3.05, 3.63) is 18.2 Å². The topological polar surface area (TPSA) is 41.1 Å². The molecule has 1 aromatic rings. The SMILES string of the molecule is Fc1cnc(N2CC[C@H]3CNC[C@H]32)nc1. The van der Waals surface area contributed by atoms with E-state index in [0.29, 0.717) is 17.9 Å². The van der Waals surface area contributed by atoms with Gasteiger partial charge >= 0.3 is 0 Å². The Morgan fingerprint density at radius 3 is 2.93 bits per heavy atom. The fourth-order valence-electron chi connectivity index (χ4n) is 2.55. The van der Waals surface area contributed by atoms with Gasteiger partial charge in [0.25, 0.3) is 0 Å². The predicted octanol–water partition coefficient (Wildman–Crippen LogP) is 0.414. The van der Waals surface area contributed by atoms with E-state index in [-0.39, 0.29) is 5.82 Å². The van der Waals surface area contributed by atoms with Crippen LogP contribution in [-0.4, -0.2) is 35.6 Å². The van der Waals surface area contributed by atoms with E-state index in [1.54, 1.807) is 0 Å². The zero-order valence-electron chi connectivity index (χ0n) is 8.36. The third-order valence-electron chi connectivity index (χ3n) is 3.31. The third-order valence-corrected chi connectivity index (χ3v) is 3.31. The Morgan fingerprint density at radius 2 is 2.13 bits per heavy atom. The van der Waals surface area contributed by atoms with Crippen LogP contribution in [0.4, 0.5) is 10.3 Å². The molecule has 1 aromatic heterocycles. The Balaban J connectivity index is 1.85. The summed E-state index contributed by atoms with van der Waals surface area (Å²) >= 11 is 0. The lowest BCUT2D eigenvalue weighted by Crippen LogP contribution is -2.35. The highest BCUT2D eigenvalue weighted by Crippen LogP contribution is 2.29. The van der Waals surface area contributed by atoms with Gasteiger partial charge in [-0.25, -0.2) is 14.4 Å². The van der Waals surface area contributed by atoms with Crippen LogP contribution in [0.3, 0.4) is 0 Å². The Labute approximate surface area is 87.5 Å². The van der Waals surface area contributed by atoms with E-state index in [1.807, 2.05) is 0 Å². The Kier molecular flexibility index (Phi) is 2.05. The molecule has 2 saturated heterocycles. The van der Waals surface area contributed by atoms with E-state index in [4.69, 9.17) is 0 Å². The quantitative estimate of drug-likeness (QED) is 0.726. The fraction of sp³-hybridized carbons (Fsp3) is 0.600. The average molecular weight is 208 g/mol. The number of rotatable bonds is 1. The molecule has 15 heavy (non-hydrogen) atoms. The number of fused-ring (bicyclic) bond motifs is 1. The minimum Gasteiger partial charge on any atom is -0.336 e. The first kappa shape index (κ1) is 9.03. The van der Waals surface area contributed by atoms with Crippen molar-refractivity contribution in [2.24, 2.45) is 5.92 Å². The zero-order valence-corrected chi connectivity index (χ0v) is 8.36. The van der Waals surface area contributed by atoms with Crippen LogP contribution in [0, 0.1) is 11.7 Å². The normalized spacial score (nSPS) is 29.5. The monoisotopic (exact) mass is 208 g/mol. The van der Waals surface area contributed by atoms with E-state index in [0.717, 1.165) is 19.6 Å². The predicted molar refractivity (Wildman–Crippen MR) is 54.1 cm³/mol. The van der Waals surface area contributed by atoms with Crippen LogP contribution < -0.4 is 10.2 Å². The summed E-state index contributed by atoms with van der Waals surface area (Å²) in [5, 5.41) is 3.36. The zero-order chi connectivity index (χ0) is 10.3. The molecule has 0 unspecified atom stereocenters. The maximum Gasteiger partial charge on any atom is 0.225 e. The molecule has 2 fully saturated rings. The number of halogens is 1. The van der Waals surface area contributed by atoms with Crippen LogP contribution >= 0.6 is 0 Å². The highest BCUT2D eigenvalue weighted by atomic mass is 19.1. The molecule has 2 aliphatic heterocycles. The Morgan fingerprint density at radius 1 is 1.33 bits per heavy atom. The first-order valence-corrected chi connectivity index (χ1v) is 5.29. The molecule has 0 amide bonds. The molecule has 80 valence electrons. The molecule has 4 nitrogen and oxygen atoms in total. The van der Waals surface area contributed by atoms with Gasteiger partial charge in [0.1, 0.15) is 0 Å². The summed E-state index contributed by atoms with van der Waals surface area (Å²) in [6, 6.07) is 0.496. The lowest BCUT2D eigenvalue weighted by atomic mass is 10.1. The summed E-state index contributed by atoms with van der Waals surface area (Å²) in [4.78, 5) is 10.3. The number of hydrogen-bond donors (Lipinski definition) is 1. The van der Waals surface area contributed by atoms with Crippen molar-refractivity contribution in [2.45, 2.75) is 12.5 Å². The Bertz CT molecular complexity index is 353. The van der Waals surface area contributed by atoms with Gasteiger partial charge in [-0.2, -0.15) is 0 Å². The molecule has 2 atom stereocenters. The fourth-order valence-corrected chi connectivity index (χ4v) is 2.55. The van der Waals surface area contributed by atoms with Gasteiger partial charge < -0.3 is 10.2 Å². The largest absolute Gasteiger partial charge is 0.336 e. The number of nitrogens with one attached hydrogen (secondary N) is 1. The van der Waals surface area contributed by atoms with E-state index in [2.05, 4.69) is 20.2 Å². The van der Waals surface area contributed by atoms with Gasteiger partial charge in [0, 0.05) is 25.7 Å². The van der Waals surface area contributed by atoms with Gasteiger partial charge in [0.2, 0.25) is 5.95 Å². The maximum atomic E-state index is 12.7. The van der Waals surface area contributed by atoms with Crippen molar-refractivity contribution in [2.75, 3.05) is 24.5 Å². The second kappa shape index (κ2) is 3.41. The molecule has 3 heterocycles. The van der Waals surface area contributed by atoms with Crippen LogP contribution in [0.15, 0.2) is 12.4 Å². The van der Waals surface area contributed by atoms with Crippen molar-refractivity contribution in [3.8, 4) is 0 Å². The van der Waals surface area contributed by atoms with Crippen LogP contribution in [0.25, 0.3) is 0 Å². The van der Waals surface area contributed by atoms with E-state index < -0.39 is 0 Å². The Hall–Kier alpha value is -1.23. The van der Waals surface area contributed by atoms with Crippen LogP contribution in [0.1, 0.15) is 6.42 Å². The first-order chi connectivity index (χ1) is 7.34. The smallest absolute Gasteiger partial charge is 0.225 e. The molecule has 0 aromatic carbocycles. The molecule has 0 bridgehead atoms. The van der Waals surface area contributed by atoms with Crippen molar-refractivity contribution in [3.63, 3.8) is 0 Å². The van der Waals surface area contributed by atoms with E-state index in [1.165, 1.54) is 18.8 Å². The lowest BCUT2D eigenvalue weighted by Gasteiger charge is -2.22. The summed E-state index contributed by atoms with van der Waals surface area (Å²) in [5.41, 5.74) is 0. The molecule has 0 spiro atoms. The second-order valence-corrected chi connectivity index (χ2v) is 4.17. The molecule has 3 rings (SSSR count). The van der Waals surface area contributed by atoms with Gasteiger partial charge in [0.15, 0.2) is 5.82 Å². The summed E-state index contributed by atoms with van der Waals surface area (Å²) in [7, 11) is 0. The first-order valence-electron chi connectivity index (χ1n) is 5.29. The molecule has 0 aliphatic carbocycles. The average Bonchev–Trinajstić information content (AvgIpc) is 2.80. The minimum absolute atomic E-state index is 0.376. The molecule has 0 radical (unpaired) electrons. The highest BCUT2D eigenvalue weighted by molar-refractivity contribution is 5.34. The van der Waals surface area contributed by atoms with Crippen molar-refractivity contribution in [1.82, 2.24) is 15.3 Å². The number of nitrogens with zero attached hydrogens (tertiary/aromatic N) is 3. The van der Waals surface area contributed by atoms with Gasteiger partial charge in [-0.1, -0.05) is 0 Å². The van der Waals surface area contributed by atoms with Gasteiger partial charge in [-0.15, -0.1) is 0 Å². The summed E-state index contributed by atoms with van der Waals surface area (Å²) in [5.74, 6) is 0.991. The second-order valence-electron chi connectivity index (χ2n) is 4.17. The van der Waals surface area contributed by atoms with Crippen molar-refractivity contribution in [1.29, 1.82) is 0 Å². The van der Waals surface area contributed by atoms with Gasteiger partial charge in [-0.05, 0) is 12.3 Å². The van der Waals surface area contributed by atoms with Gasteiger partial charge in [-0.3, -0.25) is 0 Å². The summed E-state index contributed by atoms with van der Waals surface area (Å²) < 4.78 is 12.7. The molecule has 1 N–H and O–H groups in total. The van der Waals surface area contributed by atoms with Crippen LogP contribution in [0.5, 0.6) is 0 Å². The summed E-state index contributed by atoms with van der Waals surface area (Å²) in [6.45, 7) is 3.07. The van der Waals surface area contributed by atoms with Crippen molar-refractivity contribution < 1.29 is 4.39 Å². The minimum atomic E-state index is -0.376. The lowest BCUT2D eigenvalue weighted by molar-refractivity contribution is 0.573. The molecule has 0 saturated carbocycles. The standard InChI is InChI=1S/C10H13FN4/c11-8-4-13-10(14-5-8)15-2-1-7-3-12-6-9(7)15/h4-5,7,9,12H,1-3,6H2/t7-,9+/m0/s1. The summed E-state index contributed by atoms with van der Waals surface area (Å²) in [6.07, 6.45) is 3.65. The number of hydrogen-bond acceptors (Lipinski definition) is 4. The highest BCUT2D eigenvalue weighted by Gasteiger charge is 2.38. The van der Waals surface area contributed by atoms with Crippen LogP contribution in [0.2, 0.25) is 0 Å². The van der Waals surface area contributed by atoms with E-state index in [9.17, 15) is 4.39 Å². The molecular weight excluding hydrogens is 195 g/mol.